The van der Waals surface area contributed by atoms with Crippen LogP contribution in [0.3, 0.4) is 0 Å². The first-order valence-electron chi connectivity index (χ1n) is 10.9. The van der Waals surface area contributed by atoms with Crippen molar-refractivity contribution < 1.29 is 38.1 Å². The summed E-state index contributed by atoms with van der Waals surface area (Å²) in [5.74, 6) is -3.23. The van der Waals surface area contributed by atoms with Crippen molar-refractivity contribution in [2.75, 3.05) is 0 Å². The summed E-state index contributed by atoms with van der Waals surface area (Å²) in [6.45, 7) is 1.50. The molecule has 1 aliphatic rings. The molecule has 1 heterocycles. The summed E-state index contributed by atoms with van der Waals surface area (Å²) in [7, 11) is 0. The van der Waals surface area contributed by atoms with Crippen LogP contribution in [-0.4, -0.2) is 48.3 Å². The summed E-state index contributed by atoms with van der Waals surface area (Å²) in [6, 6.07) is 24.3. The highest BCUT2D eigenvalue weighted by atomic mass is 16.7. The van der Waals surface area contributed by atoms with Gasteiger partial charge in [0.1, 0.15) is 6.10 Å². The summed E-state index contributed by atoms with van der Waals surface area (Å²) < 4.78 is 22.0. The van der Waals surface area contributed by atoms with Crippen molar-refractivity contribution in [2.45, 2.75) is 31.3 Å². The Morgan fingerprint density at radius 1 is 0.600 bits per heavy atom. The van der Waals surface area contributed by atoms with Gasteiger partial charge in [-0.1, -0.05) is 54.6 Å². The first-order valence-corrected chi connectivity index (χ1v) is 10.9. The van der Waals surface area contributed by atoms with Gasteiger partial charge in [-0.2, -0.15) is 0 Å². The fraction of sp³-hybridized carbons (Fsp3) is 0.185. The molecule has 8 nitrogen and oxygen atoms in total. The average molecular weight is 474 g/mol. The smallest absolute Gasteiger partial charge is 0.352 e. The van der Waals surface area contributed by atoms with Crippen LogP contribution in [0.5, 0.6) is 0 Å². The third-order valence-corrected chi connectivity index (χ3v) is 5.37. The minimum Gasteiger partial charge on any atom is -0.456 e. The second-order valence-corrected chi connectivity index (χ2v) is 7.81. The Bertz CT molecular complexity index is 1190. The molecule has 0 aromatic heterocycles. The van der Waals surface area contributed by atoms with Crippen LogP contribution in [0, 0.1) is 0 Å². The van der Waals surface area contributed by atoms with E-state index < -0.39 is 48.3 Å². The monoisotopic (exact) mass is 474 g/mol. The molecular weight excluding hydrogens is 452 g/mol. The summed E-state index contributed by atoms with van der Waals surface area (Å²) in [4.78, 5) is 51.1. The van der Waals surface area contributed by atoms with E-state index >= 15 is 0 Å². The fourth-order valence-corrected chi connectivity index (χ4v) is 3.59. The largest absolute Gasteiger partial charge is 0.456 e. The highest BCUT2D eigenvalue weighted by Gasteiger charge is 2.51. The first-order chi connectivity index (χ1) is 16.9. The summed E-state index contributed by atoms with van der Waals surface area (Å²) >= 11 is 0. The van der Waals surface area contributed by atoms with Crippen molar-refractivity contribution in [2.24, 2.45) is 0 Å². The Hall–Kier alpha value is -4.46. The highest BCUT2D eigenvalue weighted by Crippen LogP contribution is 2.27. The lowest BCUT2D eigenvalue weighted by atomic mass is 9.99. The topological polar surface area (TPSA) is 105 Å². The molecule has 178 valence electrons. The van der Waals surface area contributed by atoms with Crippen LogP contribution in [0.2, 0.25) is 0 Å². The molecule has 0 aliphatic carbocycles. The molecule has 0 saturated carbocycles. The molecule has 8 heteroatoms. The van der Waals surface area contributed by atoms with Gasteiger partial charge in [-0.3, -0.25) is 0 Å². The van der Waals surface area contributed by atoms with Crippen molar-refractivity contribution in [1.82, 2.24) is 0 Å². The van der Waals surface area contributed by atoms with Crippen LogP contribution in [0.1, 0.15) is 38.0 Å². The molecule has 0 bridgehead atoms. The molecule has 3 aromatic carbocycles. The van der Waals surface area contributed by atoms with Gasteiger partial charge >= 0.3 is 23.9 Å². The maximum Gasteiger partial charge on any atom is 0.352 e. The third kappa shape index (κ3) is 5.55. The Labute approximate surface area is 201 Å². The lowest BCUT2D eigenvalue weighted by Gasteiger charge is -2.38. The second-order valence-electron chi connectivity index (χ2n) is 7.81. The second kappa shape index (κ2) is 10.6. The number of benzene rings is 3. The van der Waals surface area contributed by atoms with E-state index in [1.165, 1.54) is 31.2 Å². The molecule has 0 N–H and O–H groups in total. The molecule has 1 saturated heterocycles. The van der Waals surface area contributed by atoms with Gasteiger partial charge in [0.05, 0.1) is 16.7 Å². The number of rotatable bonds is 6. The molecule has 1 aliphatic heterocycles. The van der Waals surface area contributed by atoms with Crippen molar-refractivity contribution in [3.8, 4) is 0 Å². The number of carbonyl (C=O) groups excluding carboxylic acids is 4. The molecule has 0 radical (unpaired) electrons. The van der Waals surface area contributed by atoms with Gasteiger partial charge < -0.3 is 18.9 Å². The van der Waals surface area contributed by atoms with Crippen molar-refractivity contribution in [3.05, 3.63) is 108 Å². The number of carbonyl (C=O) groups is 4. The number of hydrogen-bond donors (Lipinski definition) is 0. The lowest BCUT2D eigenvalue weighted by Crippen LogP contribution is -2.59. The Kier molecular flexibility index (Phi) is 7.21. The van der Waals surface area contributed by atoms with E-state index in [0.29, 0.717) is 0 Å². The van der Waals surface area contributed by atoms with E-state index in [1.54, 1.807) is 66.7 Å². The highest BCUT2D eigenvalue weighted by molar-refractivity contribution is 5.93. The van der Waals surface area contributed by atoms with E-state index in [-0.39, 0.29) is 16.7 Å². The van der Waals surface area contributed by atoms with Crippen LogP contribution in [0.15, 0.2) is 91.0 Å². The molecule has 35 heavy (non-hydrogen) atoms. The summed E-state index contributed by atoms with van der Waals surface area (Å²) in [6.07, 6.45) is -5.31. The normalized spacial score (nSPS) is 21.3. The molecule has 1 fully saturated rings. The van der Waals surface area contributed by atoms with Gasteiger partial charge in [0, 0.05) is 0 Å². The van der Waals surface area contributed by atoms with Gasteiger partial charge in [0.15, 0.2) is 12.2 Å². The average Bonchev–Trinajstić information content (AvgIpc) is 2.89. The van der Waals surface area contributed by atoms with Crippen molar-refractivity contribution in [1.29, 1.82) is 0 Å². The van der Waals surface area contributed by atoms with Gasteiger partial charge in [0.25, 0.3) is 0 Å². The van der Waals surface area contributed by atoms with Gasteiger partial charge in [-0.05, 0) is 43.3 Å². The van der Waals surface area contributed by atoms with E-state index in [4.69, 9.17) is 18.9 Å². The van der Waals surface area contributed by atoms with E-state index in [0.717, 1.165) is 0 Å². The SMILES string of the molecule is C[C@@H]1OC(=O)[C@H](OC(=O)c2ccccc2)[C@H](OC(=O)c2ccccc2)[C@H]1OC(=O)c1ccccc1. The quantitative estimate of drug-likeness (QED) is 0.394. The molecule has 0 unspecified atom stereocenters. The Morgan fingerprint density at radius 2 is 0.971 bits per heavy atom. The van der Waals surface area contributed by atoms with Gasteiger partial charge in [-0.25, -0.2) is 19.2 Å². The van der Waals surface area contributed by atoms with E-state index in [9.17, 15) is 19.2 Å². The third-order valence-electron chi connectivity index (χ3n) is 5.37. The number of cyclic esters (lactones) is 1. The van der Waals surface area contributed by atoms with Gasteiger partial charge in [0.2, 0.25) is 6.10 Å². The predicted molar refractivity (Wildman–Crippen MR) is 122 cm³/mol. The fourth-order valence-electron chi connectivity index (χ4n) is 3.59. The van der Waals surface area contributed by atoms with Gasteiger partial charge in [-0.15, -0.1) is 0 Å². The van der Waals surface area contributed by atoms with E-state index in [2.05, 4.69) is 0 Å². The van der Waals surface area contributed by atoms with Crippen LogP contribution >= 0.6 is 0 Å². The number of ether oxygens (including phenoxy) is 4. The van der Waals surface area contributed by atoms with E-state index in [1.807, 2.05) is 0 Å². The zero-order chi connectivity index (χ0) is 24.8. The predicted octanol–water partition coefficient (Wildman–Crippen LogP) is 3.61. The standard InChI is InChI=1S/C27H22O8/c1-17-21(33-24(28)18-11-5-2-6-12-18)22(34-25(29)19-13-7-3-8-14-19)23(27(31)32-17)35-26(30)20-15-9-4-10-16-20/h2-17,21-23H,1H3/t17-,21-,22+,23+/m0/s1. The Balaban J connectivity index is 1.64. The molecule has 0 spiro atoms. The minimum atomic E-state index is -1.65. The molecule has 4 rings (SSSR count). The number of hydrogen-bond acceptors (Lipinski definition) is 8. The lowest BCUT2D eigenvalue weighted by molar-refractivity contribution is -0.200. The van der Waals surface area contributed by atoms with Crippen LogP contribution in [-0.2, 0) is 23.7 Å². The molecule has 0 amide bonds. The maximum atomic E-state index is 12.9. The molecule has 3 aromatic rings. The van der Waals surface area contributed by atoms with Crippen molar-refractivity contribution >= 4 is 23.9 Å². The minimum absolute atomic E-state index is 0.185. The van der Waals surface area contributed by atoms with Crippen LogP contribution in [0.4, 0.5) is 0 Å². The summed E-state index contributed by atoms with van der Waals surface area (Å²) in [5, 5.41) is 0. The molecule has 4 atom stereocenters. The maximum absolute atomic E-state index is 12.9. The molecular formula is C27H22O8. The zero-order valence-electron chi connectivity index (χ0n) is 18.7. The van der Waals surface area contributed by atoms with Crippen LogP contribution < -0.4 is 0 Å². The summed E-state index contributed by atoms with van der Waals surface area (Å²) in [5.41, 5.74) is 0.646. The Morgan fingerprint density at radius 3 is 1.40 bits per heavy atom. The van der Waals surface area contributed by atoms with Crippen molar-refractivity contribution in [3.63, 3.8) is 0 Å². The number of esters is 4. The van der Waals surface area contributed by atoms with Crippen LogP contribution in [0.25, 0.3) is 0 Å². The zero-order valence-corrected chi connectivity index (χ0v) is 18.7. The first kappa shape index (κ1) is 23.7.